The van der Waals surface area contributed by atoms with Crippen LogP contribution in [0, 0.1) is 11.7 Å². The highest BCUT2D eigenvalue weighted by atomic mass is 19.1. The van der Waals surface area contributed by atoms with Crippen molar-refractivity contribution in [3.8, 4) is 11.1 Å². The van der Waals surface area contributed by atoms with Gasteiger partial charge < -0.3 is 10.4 Å². The maximum Gasteiger partial charge on any atom is 0.123 e. The summed E-state index contributed by atoms with van der Waals surface area (Å²) in [6.45, 7) is 1.96. The Labute approximate surface area is 170 Å². The Morgan fingerprint density at radius 1 is 1.07 bits per heavy atom. The molecular formula is C24H24FN3O. The van der Waals surface area contributed by atoms with E-state index in [1.54, 1.807) is 12.1 Å². The predicted octanol–water partition coefficient (Wildman–Crippen LogP) is 4.24. The number of pyridine rings is 1. The number of benzene rings is 2. The van der Waals surface area contributed by atoms with Gasteiger partial charge in [0.2, 0.25) is 0 Å². The van der Waals surface area contributed by atoms with Crippen LogP contribution in [0.15, 0.2) is 67.0 Å². The van der Waals surface area contributed by atoms with Crippen LogP contribution in [0.1, 0.15) is 23.6 Å². The number of halogens is 1. The molecule has 3 aromatic rings. The van der Waals surface area contributed by atoms with Crippen molar-refractivity contribution < 1.29 is 9.50 Å². The van der Waals surface area contributed by atoms with E-state index in [4.69, 9.17) is 0 Å². The van der Waals surface area contributed by atoms with E-state index in [2.05, 4.69) is 39.5 Å². The van der Waals surface area contributed by atoms with Crippen LogP contribution in [0.4, 0.5) is 10.1 Å². The lowest BCUT2D eigenvalue weighted by molar-refractivity contribution is 0.172. The van der Waals surface area contributed by atoms with Gasteiger partial charge >= 0.3 is 0 Å². The molecular weight excluding hydrogens is 365 g/mol. The number of anilines is 1. The lowest BCUT2D eigenvalue weighted by Gasteiger charge is -2.39. The third-order valence-electron chi connectivity index (χ3n) is 6.27. The summed E-state index contributed by atoms with van der Waals surface area (Å²) in [5.74, 6) is 0.119. The average Bonchev–Trinajstić information content (AvgIpc) is 3.17. The van der Waals surface area contributed by atoms with Crippen LogP contribution in [0.2, 0.25) is 0 Å². The van der Waals surface area contributed by atoms with Gasteiger partial charge in [0.15, 0.2) is 0 Å². The quantitative estimate of drug-likeness (QED) is 0.701. The SMILES string of the molecule is OC[C@H]1Nc2ccc(-c3cccc(F)c3)cc2[C@@H]2[C@H]1CCN2Cc1ccncc1. The monoisotopic (exact) mass is 389 g/mol. The maximum absolute atomic E-state index is 13.8. The molecule has 5 heteroatoms. The minimum absolute atomic E-state index is 0.0509. The molecule has 0 unspecified atom stereocenters. The highest BCUT2D eigenvalue weighted by Crippen LogP contribution is 2.47. The molecule has 0 saturated carbocycles. The summed E-state index contributed by atoms with van der Waals surface area (Å²) in [5.41, 5.74) is 5.43. The van der Waals surface area contributed by atoms with Gasteiger partial charge in [-0.2, -0.15) is 0 Å². The molecule has 1 fully saturated rings. The standard InChI is InChI=1S/C24H24FN3O/c25-19-3-1-2-17(12-19)18-4-5-22-21(13-18)24-20(23(15-29)27-22)8-11-28(24)14-16-6-9-26-10-7-16/h1-7,9-10,12-13,20,23-24,27,29H,8,11,14-15H2/t20-,23+,24-/m0/s1. The third kappa shape index (κ3) is 3.41. The summed E-state index contributed by atoms with van der Waals surface area (Å²) in [6, 6.07) is 17.4. The van der Waals surface area contributed by atoms with E-state index < -0.39 is 0 Å². The molecule has 0 aliphatic carbocycles. The van der Waals surface area contributed by atoms with E-state index in [1.807, 2.05) is 24.5 Å². The Kier molecular flexibility index (Phi) is 4.78. The van der Waals surface area contributed by atoms with E-state index >= 15 is 0 Å². The average molecular weight is 389 g/mol. The zero-order valence-electron chi connectivity index (χ0n) is 16.1. The second-order valence-electron chi connectivity index (χ2n) is 7.97. The molecule has 2 aliphatic rings. The van der Waals surface area contributed by atoms with E-state index in [0.717, 1.165) is 36.3 Å². The maximum atomic E-state index is 13.8. The first-order chi connectivity index (χ1) is 14.2. The van der Waals surface area contributed by atoms with E-state index in [-0.39, 0.29) is 24.5 Å². The molecule has 1 aromatic heterocycles. The lowest BCUT2D eigenvalue weighted by atomic mass is 9.82. The molecule has 0 bridgehead atoms. The number of likely N-dealkylation sites (tertiary alicyclic amines) is 1. The third-order valence-corrected chi connectivity index (χ3v) is 6.27. The summed E-state index contributed by atoms with van der Waals surface area (Å²) in [7, 11) is 0. The van der Waals surface area contributed by atoms with Crippen molar-refractivity contribution in [2.45, 2.75) is 25.0 Å². The van der Waals surface area contributed by atoms with Gasteiger partial charge in [0.25, 0.3) is 0 Å². The molecule has 0 radical (unpaired) electrons. The first-order valence-electron chi connectivity index (χ1n) is 10.1. The zero-order chi connectivity index (χ0) is 19.8. The van der Waals surface area contributed by atoms with Crippen molar-refractivity contribution in [1.29, 1.82) is 0 Å². The number of rotatable bonds is 4. The van der Waals surface area contributed by atoms with E-state index in [9.17, 15) is 9.50 Å². The van der Waals surface area contributed by atoms with Gasteiger partial charge in [0.1, 0.15) is 5.82 Å². The number of aromatic nitrogens is 1. The van der Waals surface area contributed by atoms with Crippen LogP contribution in [-0.4, -0.2) is 34.2 Å². The van der Waals surface area contributed by atoms with Gasteiger partial charge in [-0.25, -0.2) is 4.39 Å². The van der Waals surface area contributed by atoms with Crippen LogP contribution in [0.25, 0.3) is 11.1 Å². The summed E-state index contributed by atoms with van der Waals surface area (Å²) < 4.78 is 13.8. The van der Waals surface area contributed by atoms with Gasteiger partial charge in [-0.05, 0) is 71.6 Å². The Balaban J connectivity index is 1.54. The molecule has 2 aromatic carbocycles. The minimum Gasteiger partial charge on any atom is -0.394 e. The van der Waals surface area contributed by atoms with Crippen molar-refractivity contribution in [1.82, 2.24) is 9.88 Å². The number of aliphatic hydroxyl groups excluding tert-OH is 1. The molecule has 2 N–H and O–H groups in total. The number of nitrogens with one attached hydrogen (secondary N) is 1. The van der Waals surface area contributed by atoms with Crippen LogP contribution in [0.5, 0.6) is 0 Å². The number of aliphatic hydroxyl groups is 1. The van der Waals surface area contributed by atoms with Crippen molar-refractivity contribution in [2.24, 2.45) is 5.92 Å². The molecule has 3 atom stereocenters. The Morgan fingerprint density at radius 2 is 1.90 bits per heavy atom. The lowest BCUT2D eigenvalue weighted by Crippen LogP contribution is -2.41. The van der Waals surface area contributed by atoms with Crippen molar-refractivity contribution in [2.75, 3.05) is 18.5 Å². The fraction of sp³-hybridized carbons (Fsp3) is 0.292. The second-order valence-corrected chi connectivity index (χ2v) is 7.97. The molecule has 2 aliphatic heterocycles. The summed E-state index contributed by atoms with van der Waals surface area (Å²) >= 11 is 0. The predicted molar refractivity (Wildman–Crippen MR) is 112 cm³/mol. The van der Waals surface area contributed by atoms with Crippen LogP contribution in [0.3, 0.4) is 0 Å². The molecule has 0 spiro atoms. The van der Waals surface area contributed by atoms with Gasteiger partial charge in [-0.15, -0.1) is 0 Å². The Bertz CT molecular complexity index is 1010. The topological polar surface area (TPSA) is 48.4 Å². The second kappa shape index (κ2) is 7.58. The summed E-state index contributed by atoms with van der Waals surface area (Å²) in [6.07, 6.45) is 4.70. The first kappa shape index (κ1) is 18.3. The Morgan fingerprint density at radius 3 is 2.69 bits per heavy atom. The van der Waals surface area contributed by atoms with Crippen LogP contribution < -0.4 is 5.32 Å². The van der Waals surface area contributed by atoms with Crippen LogP contribution in [-0.2, 0) is 6.54 Å². The fourth-order valence-corrected chi connectivity index (χ4v) is 4.91. The first-order valence-corrected chi connectivity index (χ1v) is 10.1. The number of nitrogens with zero attached hydrogens (tertiary/aromatic N) is 2. The molecule has 4 nitrogen and oxygen atoms in total. The van der Waals surface area contributed by atoms with Crippen molar-refractivity contribution in [3.05, 3.63) is 83.9 Å². The van der Waals surface area contributed by atoms with E-state index in [0.29, 0.717) is 5.92 Å². The van der Waals surface area contributed by atoms with Gasteiger partial charge in [0.05, 0.1) is 12.6 Å². The largest absolute Gasteiger partial charge is 0.394 e. The molecule has 1 saturated heterocycles. The fourth-order valence-electron chi connectivity index (χ4n) is 4.91. The highest BCUT2D eigenvalue weighted by molar-refractivity contribution is 5.70. The Hall–Kier alpha value is -2.76. The number of fused-ring (bicyclic) bond motifs is 3. The van der Waals surface area contributed by atoms with Gasteiger partial charge in [-0.1, -0.05) is 18.2 Å². The smallest absolute Gasteiger partial charge is 0.123 e. The van der Waals surface area contributed by atoms with Gasteiger partial charge in [-0.3, -0.25) is 9.88 Å². The molecule has 3 heterocycles. The number of hydrogen-bond acceptors (Lipinski definition) is 4. The molecule has 5 rings (SSSR count). The van der Waals surface area contributed by atoms with Gasteiger partial charge in [0, 0.05) is 36.6 Å². The minimum atomic E-state index is -0.225. The molecule has 29 heavy (non-hydrogen) atoms. The van der Waals surface area contributed by atoms with Crippen LogP contribution >= 0.6 is 0 Å². The molecule has 148 valence electrons. The van der Waals surface area contributed by atoms with Crippen molar-refractivity contribution in [3.63, 3.8) is 0 Å². The normalized spacial score (nSPS) is 23.3. The van der Waals surface area contributed by atoms with E-state index in [1.165, 1.54) is 17.2 Å². The summed E-state index contributed by atoms with van der Waals surface area (Å²) in [5, 5.41) is 13.5. The number of hydrogen-bond donors (Lipinski definition) is 2. The summed E-state index contributed by atoms with van der Waals surface area (Å²) in [4.78, 5) is 6.62. The van der Waals surface area contributed by atoms with Crippen molar-refractivity contribution >= 4 is 5.69 Å². The zero-order valence-corrected chi connectivity index (χ0v) is 16.1. The highest BCUT2D eigenvalue weighted by Gasteiger charge is 2.43. The molecule has 0 amide bonds.